The Morgan fingerprint density at radius 2 is 1.94 bits per heavy atom. The maximum absolute atomic E-state index is 10.6. The molecule has 0 amide bonds. The summed E-state index contributed by atoms with van der Waals surface area (Å²) in [7, 11) is 3.42. The Bertz CT molecular complexity index is 220. The third kappa shape index (κ3) is 5.20. The molecule has 5 nitrogen and oxygen atoms in total. The van der Waals surface area contributed by atoms with E-state index in [-0.39, 0.29) is 0 Å². The highest BCUT2D eigenvalue weighted by Gasteiger charge is 2.32. The first-order valence-corrected chi connectivity index (χ1v) is 6.76. The lowest BCUT2D eigenvalue weighted by Gasteiger charge is -2.39. The molecule has 0 bridgehead atoms. The first kappa shape index (κ1) is 15.9. The SMILES string of the molecule is COCCN(CC1(O)CCNCC1)C(C)COC. The molecule has 0 spiro atoms. The molecule has 0 aliphatic carbocycles. The van der Waals surface area contributed by atoms with Gasteiger partial charge in [0.15, 0.2) is 0 Å². The van der Waals surface area contributed by atoms with Crippen molar-refractivity contribution < 1.29 is 14.6 Å². The number of methoxy groups -OCH3 is 2. The minimum Gasteiger partial charge on any atom is -0.388 e. The minimum absolute atomic E-state index is 0.295. The lowest BCUT2D eigenvalue weighted by Crippen LogP contribution is -2.53. The van der Waals surface area contributed by atoms with Crippen LogP contribution in [0, 0.1) is 0 Å². The van der Waals surface area contributed by atoms with E-state index in [4.69, 9.17) is 9.47 Å². The first-order chi connectivity index (χ1) is 8.61. The molecule has 0 saturated carbocycles. The van der Waals surface area contributed by atoms with Crippen LogP contribution in [-0.2, 0) is 9.47 Å². The molecular weight excluding hydrogens is 232 g/mol. The quantitative estimate of drug-likeness (QED) is 0.647. The van der Waals surface area contributed by atoms with Gasteiger partial charge in [0, 0.05) is 33.4 Å². The third-order valence-electron chi connectivity index (χ3n) is 3.65. The smallest absolute Gasteiger partial charge is 0.0798 e. The summed E-state index contributed by atoms with van der Waals surface area (Å²) in [6.45, 7) is 6.81. The maximum atomic E-state index is 10.6. The van der Waals surface area contributed by atoms with Crippen LogP contribution in [0.15, 0.2) is 0 Å². The summed E-state index contributed by atoms with van der Waals surface area (Å²) in [5.74, 6) is 0. The molecule has 1 aliphatic heterocycles. The molecule has 1 rings (SSSR count). The number of aliphatic hydroxyl groups is 1. The number of hydrogen-bond acceptors (Lipinski definition) is 5. The fourth-order valence-electron chi connectivity index (χ4n) is 2.44. The van der Waals surface area contributed by atoms with Crippen molar-refractivity contribution in [1.29, 1.82) is 0 Å². The van der Waals surface area contributed by atoms with Crippen LogP contribution in [0.5, 0.6) is 0 Å². The van der Waals surface area contributed by atoms with Crippen LogP contribution >= 0.6 is 0 Å². The van der Waals surface area contributed by atoms with E-state index in [1.165, 1.54) is 0 Å². The predicted molar refractivity (Wildman–Crippen MR) is 71.8 cm³/mol. The molecule has 5 heteroatoms. The summed E-state index contributed by atoms with van der Waals surface area (Å²) in [5.41, 5.74) is -0.568. The standard InChI is InChI=1S/C13H28N2O3/c1-12(10-18-3)15(8-9-17-2)11-13(16)4-6-14-7-5-13/h12,14,16H,4-11H2,1-3H3. The van der Waals surface area contributed by atoms with Crippen molar-refractivity contribution in [1.82, 2.24) is 10.2 Å². The largest absolute Gasteiger partial charge is 0.388 e. The van der Waals surface area contributed by atoms with Crippen molar-refractivity contribution in [3.8, 4) is 0 Å². The van der Waals surface area contributed by atoms with E-state index < -0.39 is 5.60 Å². The average Bonchev–Trinajstić information content (AvgIpc) is 2.35. The zero-order valence-corrected chi connectivity index (χ0v) is 11.9. The van der Waals surface area contributed by atoms with Gasteiger partial charge in [0.05, 0.1) is 18.8 Å². The van der Waals surface area contributed by atoms with Crippen molar-refractivity contribution in [2.75, 3.05) is 53.6 Å². The number of nitrogens with zero attached hydrogens (tertiary/aromatic N) is 1. The molecule has 1 fully saturated rings. The molecule has 0 aromatic rings. The molecule has 18 heavy (non-hydrogen) atoms. The van der Waals surface area contributed by atoms with E-state index in [2.05, 4.69) is 17.1 Å². The van der Waals surface area contributed by atoms with Crippen LogP contribution in [0.2, 0.25) is 0 Å². The predicted octanol–water partition coefficient (Wildman–Crippen LogP) is 0.0842. The molecule has 1 saturated heterocycles. The summed E-state index contributed by atoms with van der Waals surface area (Å²) < 4.78 is 10.4. The summed E-state index contributed by atoms with van der Waals surface area (Å²) >= 11 is 0. The van der Waals surface area contributed by atoms with Gasteiger partial charge in [-0.1, -0.05) is 0 Å². The minimum atomic E-state index is -0.568. The number of piperidine rings is 1. The Morgan fingerprint density at radius 3 is 2.50 bits per heavy atom. The highest BCUT2D eigenvalue weighted by molar-refractivity contribution is 4.88. The van der Waals surface area contributed by atoms with Gasteiger partial charge in [-0.3, -0.25) is 4.90 Å². The van der Waals surface area contributed by atoms with Gasteiger partial charge >= 0.3 is 0 Å². The molecule has 1 atom stereocenters. The van der Waals surface area contributed by atoms with Gasteiger partial charge in [0.1, 0.15) is 0 Å². The highest BCUT2D eigenvalue weighted by atomic mass is 16.5. The fraction of sp³-hybridized carbons (Fsp3) is 1.00. The van der Waals surface area contributed by atoms with E-state index in [1.807, 2.05) is 0 Å². The first-order valence-electron chi connectivity index (χ1n) is 6.76. The van der Waals surface area contributed by atoms with Crippen LogP contribution in [0.1, 0.15) is 19.8 Å². The summed E-state index contributed by atoms with van der Waals surface area (Å²) in [4.78, 5) is 2.26. The van der Waals surface area contributed by atoms with E-state index in [9.17, 15) is 5.11 Å². The molecule has 1 aliphatic rings. The van der Waals surface area contributed by atoms with Gasteiger partial charge in [0.25, 0.3) is 0 Å². The normalized spacial score (nSPS) is 21.2. The van der Waals surface area contributed by atoms with E-state index in [0.717, 1.165) is 32.5 Å². The van der Waals surface area contributed by atoms with Crippen LogP contribution in [0.4, 0.5) is 0 Å². The Labute approximate surface area is 110 Å². The monoisotopic (exact) mass is 260 g/mol. The number of rotatable bonds is 8. The summed E-state index contributed by atoms with van der Waals surface area (Å²) in [6.07, 6.45) is 1.63. The van der Waals surface area contributed by atoms with Crippen molar-refractivity contribution in [3.05, 3.63) is 0 Å². The van der Waals surface area contributed by atoms with E-state index in [1.54, 1.807) is 14.2 Å². The lowest BCUT2D eigenvalue weighted by atomic mass is 9.91. The summed E-state index contributed by atoms with van der Waals surface area (Å²) in [5, 5.41) is 13.9. The second-order valence-corrected chi connectivity index (χ2v) is 5.24. The molecule has 1 unspecified atom stereocenters. The lowest BCUT2D eigenvalue weighted by molar-refractivity contribution is -0.0417. The summed E-state index contributed by atoms with van der Waals surface area (Å²) in [6, 6.07) is 0.295. The topological polar surface area (TPSA) is 54.0 Å². The van der Waals surface area contributed by atoms with Crippen LogP contribution in [0.3, 0.4) is 0 Å². The Morgan fingerprint density at radius 1 is 1.28 bits per heavy atom. The van der Waals surface area contributed by atoms with Gasteiger partial charge in [-0.15, -0.1) is 0 Å². The van der Waals surface area contributed by atoms with Gasteiger partial charge < -0.3 is 19.9 Å². The molecular formula is C13H28N2O3. The third-order valence-corrected chi connectivity index (χ3v) is 3.65. The van der Waals surface area contributed by atoms with Crippen LogP contribution < -0.4 is 5.32 Å². The van der Waals surface area contributed by atoms with E-state index in [0.29, 0.717) is 25.8 Å². The Kier molecular flexibility index (Phi) is 7.11. The second kappa shape index (κ2) is 8.07. The fourth-order valence-corrected chi connectivity index (χ4v) is 2.44. The molecule has 108 valence electrons. The van der Waals surface area contributed by atoms with Gasteiger partial charge in [-0.25, -0.2) is 0 Å². The van der Waals surface area contributed by atoms with Crippen molar-refractivity contribution >= 4 is 0 Å². The molecule has 2 N–H and O–H groups in total. The number of nitrogens with one attached hydrogen (secondary N) is 1. The zero-order valence-electron chi connectivity index (χ0n) is 11.9. The van der Waals surface area contributed by atoms with Crippen molar-refractivity contribution in [2.45, 2.75) is 31.4 Å². The number of hydrogen-bond donors (Lipinski definition) is 2. The maximum Gasteiger partial charge on any atom is 0.0798 e. The molecule has 0 aromatic carbocycles. The van der Waals surface area contributed by atoms with Crippen LogP contribution in [0.25, 0.3) is 0 Å². The van der Waals surface area contributed by atoms with Gasteiger partial charge in [-0.05, 0) is 32.9 Å². The Hall–Kier alpha value is -0.200. The molecule has 0 aromatic heterocycles. The molecule has 1 heterocycles. The van der Waals surface area contributed by atoms with Crippen molar-refractivity contribution in [3.63, 3.8) is 0 Å². The molecule has 0 radical (unpaired) electrons. The number of ether oxygens (including phenoxy) is 2. The second-order valence-electron chi connectivity index (χ2n) is 5.24. The highest BCUT2D eigenvalue weighted by Crippen LogP contribution is 2.20. The van der Waals surface area contributed by atoms with Crippen LogP contribution in [-0.4, -0.2) is 75.3 Å². The van der Waals surface area contributed by atoms with Crippen molar-refractivity contribution in [2.24, 2.45) is 0 Å². The Balaban J connectivity index is 2.52. The van der Waals surface area contributed by atoms with Gasteiger partial charge in [-0.2, -0.15) is 0 Å². The van der Waals surface area contributed by atoms with Gasteiger partial charge in [0.2, 0.25) is 0 Å². The average molecular weight is 260 g/mol. The zero-order chi connectivity index (χ0) is 13.4. The van der Waals surface area contributed by atoms with E-state index >= 15 is 0 Å².